The minimum absolute atomic E-state index is 0.0140. The molecule has 2 aliphatic heterocycles. The normalized spacial score (nSPS) is 25.1. The molecule has 0 unspecified atom stereocenters. The summed E-state index contributed by atoms with van der Waals surface area (Å²) < 4.78 is 11.8. The third-order valence-corrected chi connectivity index (χ3v) is 8.19. The van der Waals surface area contributed by atoms with E-state index in [-0.39, 0.29) is 36.2 Å². The van der Waals surface area contributed by atoms with Crippen LogP contribution in [0.3, 0.4) is 0 Å². The van der Waals surface area contributed by atoms with Crippen LogP contribution >= 0.6 is 0 Å². The molecule has 1 aromatic rings. The number of nitrogens with one attached hydrogen (secondary N) is 1. The Morgan fingerprint density at radius 2 is 1.77 bits per heavy atom. The van der Waals surface area contributed by atoms with Crippen molar-refractivity contribution in [1.82, 2.24) is 10.2 Å². The summed E-state index contributed by atoms with van der Waals surface area (Å²) in [5.74, 6) is -1.36. The van der Waals surface area contributed by atoms with Gasteiger partial charge in [-0.05, 0) is 36.8 Å². The van der Waals surface area contributed by atoms with E-state index in [0.29, 0.717) is 18.8 Å². The van der Waals surface area contributed by atoms with Gasteiger partial charge in [0.05, 0.1) is 19.3 Å². The zero-order valence-electron chi connectivity index (χ0n) is 24.8. The molecule has 2 heterocycles. The molecule has 0 radical (unpaired) electrons. The van der Waals surface area contributed by atoms with Gasteiger partial charge in [-0.25, -0.2) is 0 Å². The highest BCUT2D eigenvalue weighted by Gasteiger charge is 2.60. The second kappa shape index (κ2) is 13.6. The molecule has 1 fully saturated rings. The number of rotatable bonds is 12. The van der Waals surface area contributed by atoms with Crippen LogP contribution in [0.15, 0.2) is 42.1 Å². The van der Waals surface area contributed by atoms with Crippen molar-refractivity contribution in [3.05, 3.63) is 47.7 Å². The van der Waals surface area contributed by atoms with Crippen molar-refractivity contribution in [2.24, 2.45) is 16.7 Å². The number of hydrogen-bond donors (Lipinski definition) is 1. The molecule has 216 valence electrons. The van der Waals surface area contributed by atoms with E-state index >= 15 is 0 Å². The fourth-order valence-corrected chi connectivity index (χ4v) is 5.82. The summed E-state index contributed by atoms with van der Waals surface area (Å²) >= 11 is 0. The monoisotopic (exact) mass is 540 g/mol. The summed E-state index contributed by atoms with van der Waals surface area (Å²) in [5, 5.41) is 2.95. The van der Waals surface area contributed by atoms with Crippen molar-refractivity contribution < 1.29 is 23.9 Å². The number of carbonyl (C=O) groups excluding carboxylic acids is 3. The predicted molar refractivity (Wildman–Crippen MR) is 152 cm³/mol. The molecule has 1 aromatic carbocycles. The SMILES string of the molecule is CCCCCCCCN1C(=O)[C@@H](CC(=O)NCc2ccccc2)C[C@@]2(C(=O)OC)C1=C[C@H](C(C)(C)C)O[C@@H]2C. The van der Waals surface area contributed by atoms with Gasteiger partial charge in [-0.15, -0.1) is 0 Å². The lowest BCUT2D eigenvalue weighted by Gasteiger charge is -2.53. The van der Waals surface area contributed by atoms with Crippen LogP contribution in [0.2, 0.25) is 0 Å². The molecule has 2 aliphatic rings. The van der Waals surface area contributed by atoms with Crippen LogP contribution < -0.4 is 5.32 Å². The minimum atomic E-state index is -1.14. The third-order valence-electron chi connectivity index (χ3n) is 8.19. The van der Waals surface area contributed by atoms with Crippen LogP contribution in [-0.2, 0) is 30.4 Å². The minimum Gasteiger partial charge on any atom is -0.468 e. The van der Waals surface area contributed by atoms with E-state index in [2.05, 4.69) is 33.0 Å². The Morgan fingerprint density at radius 3 is 2.41 bits per heavy atom. The molecule has 3 rings (SSSR count). The highest BCUT2D eigenvalue weighted by atomic mass is 16.5. The number of carbonyl (C=O) groups is 3. The van der Waals surface area contributed by atoms with E-state index in [4.69, 9.17) is 9.47 Å². The number of unbranched alkanes of at least 4 members (excludes halogenated alkanes) is 5. The van der Waals surface area contributed by atoms with E-state index in [1.165, 1.54) is 26.4 Å². The molecule has 1 N–H and O–H groups in total. The van der Waals surface area contributed by atoms with E-state index in [1.807, 2.05) is 43.3 Å². The average molecular weight is 541 g/mol. The molecule has 7 nitrogen and oxygen atoms in total. The molecule has 1 saturated heterocycles. The van der Waals surface area contributed by atoms with Crippen LogP contribution in [0.4, 0.5) is 0 Å². The standard InChI is InChI=1S/C32H48N2O5/c1-7-8-9-10-11-15-18-34-26-20-27(31(3,4)5)39-23(2)32(26,30(37)38-6)21-25(29(34)36)19-28(35)33-22-24-16-13-12-14-17-24/h12-14,16-17,20,23,25,27H,7-11,15,18-19,21-22H2,1-6H3,(H,33,35)/t23-,25+,27-,32+/m1/s1. The number of hydrogen-bond acceptors (Lipinski definition) is 5. The van der Waals surface area contributed by atoms with Crippen LogP contribution in [0, 0.1) is 16.7 Å². The van der Waals surface area contributed by atoms with E-state index in [0.717, 1.165) is 24.8 Å². The van der Waals surface area contributed by atoms with Gasteiger partial charge in [0.25, 0.3) is 0 Å². The van der Waals surface area contributed by atoms with Crippen LogP contribution in [0.1, 0.15) is 91.5 Å². The maximum atomic E-state index is 14.0. The number of amides is 2. The van der Waals surface area contributed by atoms with E-state index < -0.39 is 23.4 Å². The molecule has 39 heavy (non-hydrogen) atoms. The Balaban J connectivity index is 1.89. The van der Waals surface area contributed by atoms with Gasteiger partial charge in [0.2, 0.25) is 11.8 Å². The smallest absolute Gasteiger partial charge is 0.320 e. The third kappa shape index (κ3) is 7.30. The number of nitrogens with zero attached hydrogens (tertiary/aromatic N) is 1. The van der Waals surface area contributed by atoms with Gasteiger partial charge < -0.3 is 19.7 Å². The molecule has 0 aromatic heterocycles. The van der Waals surface area contributed by atoms with Gasteiger partial charge in [0.15, 0.2) is 0 Å². The fourth-order valence-electron chi connectivity index (χ4n) is 5.82. The Hall–Kier alpha value is -2.67. The highest BCUT2D eigenvalue weighted by Crippen LogP contribution is 2.51. The second-order valence-electron chi connectivity index (χ2n) is 12.2. The number of fused-ring (bicyclic) bond motifs is 1. The first kappa shape index (κ1) is 30.9. The largest absolute Gasteiger partial charge is 0.468 e. The number of ether oxygens (including phenoxy) is 2. The topological polar surface area (TPSA) is 84.9 Å². The highest BCUT2D eigenvalue weighted by molar-refractivity contribution is 5.92. The Kier molecular flexibility index (Phi) is 10.8. The molecular formula is C32H48N2O5. The summed E-state index contributed by atoms with van der Waals surface area (Å²) in [5.41, 5.74) is 0.320. The Morgan fingerprint density at radius 1 is 1.10 bits per heavy atom. The first-order valence-electron chi connectivity index (χ1n) is 14.6. The lowest BCUT2D eigenvalue weighted by molar-refractivity contribution is -0.180. The van der Waals surface area contributed by atoms with Crippen LogP contribution in [0.25, 0.3) is 0 Å². The van der Waals surface area contributed by atoms with E-state index in [1.54, 1.807) is 4.90 Å². The van der Waals surface area contributed by atoms with Crippen molar-refractivity contribution in [2.45, 2.75) is 105 Å². The van der Waals surface area contributed by atoms with Gasteiger partial charge in [-0.3, -0.25) is 14.4 Å². The van der Waals surface area contributed by atoms with Gasteiger partial charge in [0.1, 0.15) is 5.41 Å². The molecule has 0 bridgehead atoms. The molecule has 0 spiro atoms. The van der Waals surface area contributed by atoms with Crippen molar-refractivity contribution in [3.8, 4) is 0 Å². The maximum absolute atomic E-state index is 14.0. The molecule has 2 amide bonds. The zero-order valence-corrected chi connectivity index (χ0v) is 24.8. The number of methoxy groups -OCH3 is 1. The molecule has 7 heteroatoms. The van der Waals surface area contributed by atoms with Crippen molar-refractivity contribution >= 4 is 17.8 Å². The Labute approximate surface area is 234 Å². The number of benzene rings is 1. The summed E-state index contributed by atoms with van der Waals surface area (Å²) in [7, 11) is 1.38. The number of likely N-dealkylation sites (tertiary alicyclic amines) is 1. The van der Waals surface area contributed by atoms with Gasteiger partial charge in [0, 0.05) is 31.1 Å². The van der Waals surface area contributed by atoms with Crippen LogP contribution in [-0.4, -0.2) is 48.5 Å². The molecular weight excluding hydrogens is 492 g/mol. The van der Waals surface area contributed by atoms with Crippen LogP contribution in [0.5, 0.6) is 0 Å². The van der Waals surface area contributed by atoms with Crippen molar-refractivity contribution in [3.63, 3.8) is 0 Å². The lowest BCUT2D eigenvalue weighted by Crippen LogP contribution is -2.61. The number of piperidine rings is 1. The van der Waals surface area contributed by atoms with Gasteiger partial charge in [-0.2, -0.15) is 0 Å². The van der Waals surface area contributed by atoms with Crippen molar-refractivity contribution in [2.75, 3.05) is 13.7 Å². The molecule has 4 atom stereocenters. The number of esters is 1. The summed E-state index contributed by atoms with van der Waals surface area (Å²) in [6.45, 7) is 11.3. The first-order chi connectivity index (χ1) is 18.5. The summed E-state index contributed by atoms with van der Waals surface area (Å²) in [4.78, 5) is 42.3. The average Bonchev–Trinajstić information content (AvgIpc) is 2.91. The van der Waals surface area contributed by atoms with Gasteiger partial charge >= 0.3 is 5.97 Å². The maximum Gasteiger partial charge on any atom is 0.320 e. The zero-order chi connectivity index (χ0) is 28.6. The fraction of sp³-hybridized carbons (Fsp3) is 0.656. The van der Waals surface area contributed by atoms with Crippen molar-refractivity contribution in [1.29, 1.82) is 0 Å². The summed E-state index contributed by atoms with van der Waals surface area (Å²) in [6.07, 6.45) is 7.95. The Bertz CT molecular complexity index is 1020. The molecule has 0 aliphatic carbocycles. The molecule has 0 saturated carbocycles. The second-order valence-corrected chi connectivity index (χ2v) is 12.2. The van der Waals surface area contributed by atoms with E-state index in [9.17, 15) is 14.4 Å². The first-order valence-corrected chi connectivity index (χ1v) is 14.6. The quantitative estimate of drug-likeness (QED) is 0.268. The van der Waals surface area contributed by atoms with Gasteiger partial charge in [-0.1, -0.05) is 90.1 Å². The predicted octanol–water partition coefficient (Wildman–Crippen LogP) is 5.78. The summed E-state index contributed by atoms with van der Waals surface area (Å²) in [6, 6.07) is 9.68. The lowest BCUT2D eigenvalue weighted by atomic mass is 9.65.